The molecular weight excluding hydrogens is 1820 g/mol. The van der Waals surface area contributed by atoms with Crippen LogP contribution < -0.4 is 62.2 Å². The van der Waals surface area contributed by atoms with Gasteiger partial charge in [0.2, 0.25) is 0 Å². The normalized spacial score (nSPS) is 13.8. The summed E-state index contributed by atoms with van der Waals surface area (Å²) in [5, 5.41) is 6.85. The number of nitrogens with one attached hydrogen (secondary N) is 2. The van der Waals surface area contributed by atoms with Crippen LogP contribution in [0.3, 0.4) is 0 Å². The van der Waals surface area contributed by atoms with Crippen LogP contribution in [0.5, 0.6) is 0 Å². The van der Waals surface area contributed by atoms with E-state index in [0.29, 0.717) is 19.6 Å². The molecule has 762 valence electrons. The predicted molar refractivity (Wildman–Crippen MR) is 602 cm³/mol. The highest BCUT2D eigenvalue weighted by Crippen LogP contribution is 2.37. The third-order valence-electron chi connectivity index (χ3n) is 22.1. The quantitative estimate of drug-likeness (QED) is 0.0199. The number of hydrogen-bond acceptors (Lipinski definition) is 21. The molecule has 0 amide bonds. The Hall–Kier alpha value is 2.63. The highest BCUT2D eigenvalue weighted by atomic mass is 28.5. The molecule has 0 bridgehead atoms. The van der Waals surface area contributed by atoms with Crippen LogP contribution in [-0.2, 0) is 41.2 Å². The van der Waals surface area contributed by atoms with Gasteiger partial charge in [0.25, 0.3) is 0 Å². The van der Waals surface area contributed by atoms with E-state index in [0.717, 1.165) is 159 Å². The van der Waals surface area contributed by atoms with Crippen molar-refractivity contribution in [2.45, 2.75) is 483 Å². The van der Waals surface area contributed by atoms with E-state index in [4.69, 9.17) is 92.8 Å². The van der Waals surface area contributed by atoms with Crippen molar-refractivity contribution in [1.82, 2.24) is 10.6 Å². The van der Waals surface area contributed by atoms with Crippen molar-refractivity contribution in [3.63, 3.8) is 0 Å². The van der Waals surface area contributed by atoms with E-state index in [2.05, 4.69) is 242 Å². The van der Waals surface area contributed by atoms with Crippen molar-refractivity contribution >= 4 is 134 Å². The molecule has 0 aliphatic rings. The average molecular weight is 2050 g/mol. The molecule has 21 nitrogen and oxygen atoms in total. The van der Waals surface area contributed by atoms with E-state index >= 15 is 0 Å². The topological polar surface area (TPSA) is 351 Å². The van der Waals surface area contributed by atoms with Crippen LogP contribution in [0, 0.1) is 0 Å². The van der Waals surface area contributed by atoms with Crippen LogP contribution in [0.2, 0.25) is 281 Å². The molecule has 37 heteroatoms. The van der Waals surface area contributed by atoms with Gasteiger partial charge in [0.15, 0.2) is 108 Å². The SMILES string of the molecule is CCCCC[Si](C)(C)O[Si](C)(C)CCCCN.CCCCC[Si](C)(C)O[Si](C)(C)CCCCN.CCCC[Si](C)(C)O[Si](C)(C)O[Si](C)(C)CCCN.CCCC[Si](C)(C)O[Si](C)(CCCN)O[Si](C)(C)CCCN.CCCC[Si](C)(C)O[Si](CCCN)(O[Si](C)(C)CCCN)O[Si](C)(C)CCCN.CCCNCCC[Si](C)(C)O[Si](C)(C)CCCNCCN. The first-order chi connectivity index (χ1) is 57.5. The van der Waals surface area contributed by atoms with Gasteiger partial charge in [-0.2, -0.15) is 0 Å². The Labute approximate surface area is 798 Å². The van der Waals surface area contributed by atoms with Crippen LogP contribution in [0.1, 0.15) is 202 Å². The molecule has 1 atom stereocenters. The molecular formula is C88H231N11O10Si16. The zero-order valence-corrected chi connectivity index (χ0v) is 107. The van der Waals surface area contributed by atoms with Crippen molar-refractivity contribution < 1.29 is 41.2 Å². The summed E-state index contributed by atoms with van der Waals surface area (Å²) < 4.78 is 67.3. The van der Waals surface area contributed by atoms with Crippen LogP contribution in [0.25, 0.3) is 0 Å². The molecule has 0 aromatic carbocycles. The summed E-state index contributed by atoms with van der Waals surface area (Å²) in [6, 6.07) is 17.5. The van der Waals surface area contributed by atoms with Crippen molar-refractivity contribution in [2.24, 2.45) is 51.6 Å². The molecule has 0 heterocycles. The summed E-state index contributed by atoms with van der Waals surface area (Å²) in [7, 11) is -28.0. The second-order valence-electron chi connectivity index (χ2n) is 44.7. The Morgan fingerprint density at radius 2 is 0.360 bits per heavy atom. The van der Waals surface area contributed by atoms with E-state index < -0.39 is 134 Å². The van der Waals surface area contributed by atoms with E-state index in [9.17, 15) is 0 Å². The fourth-order valence-electron chi connectivity index (χ4n) is 16.5. The fraction of sp³-hybridized carbons (Fsp3) is 1.00. The molecule has 125 heavy (non-hydrogen) atoms. The molecule has 0 rings (SSSR count). The molecule has 0 fully saturated rings. The minimum absolute atomic E-state index is 0.636. The van der Waals surface area contributed by atoms with Crippen LogP contribution in [0.15, 0.2) is 0 Å². The molecule has 20 N–H and O–H groups in total. The number of hydrogen-bond donors (Lipinski definition) is 11. The minimum Gasteiger partial charge on any atom is -0.455 e. The third-order valence-corrected chi connectivity index (χ3v) is 84.4. The first-order valence-electron chi connectivity index (χ1n) is 51.2. The van der Waals surface area contributed by atoms with Gasteiger partial charge in [-0.3, -0.25) is 0 Å². The molecule has 0 spiro atoms. The fourth-order valence-corrected chi connectivity index (χ4v) is 90.4. The van der Waals surface area contributed by atoms with Crippen molar-refractivity contribution in [3.05, 3.63) is 0 Å². The van der Waals surface area contributed by atoms with E-state index in [1.807, 2.05) is 0 Å². The summed E-state index contributed by atoms with van der Waals surface area (Å²) in [4.78, 5) is 0. The maximum Gasteiger partial charge on any atom is 0.469 e. The Morgan fingerprint density at radius 3 is 0.608 bits per heavy atom. The maximum absolute atomic E-state index is 7.05. The lowest BCUT2D eigenvalue weighted by molar-refractivity contribution is 0.245. The van der Waals surface area contributed by atoms with Crippen molar-refractivity contribution in [3.8, 4) is 0 Å². The highest BCUT2D eigenvalue weighted by molar-refractivity contribution is 6.92. The monoisotopic (exact) mass is 2050 g/mol. The molecule has 1 unspecified atom stereocenters. The Balaban J connectivity index is -0.000000343. The summed E-state index contributed by atoms with van der Waals surface area (Å²) in [5.41, 5.74) is 51.1. The first kappa shape index (κ1) is 138. The van der Waals surface area contributed by atoms with Gasteiger partial charge in [0.05, 0.1) is 0 Å². The van der Waals surface area contributed by atoms with E-state index in [1.165, 1.54) is 158 Å². The molecule has 0 aromatic heterocycles. The number of unbranched alkanes of at least 4 members (excludes halogenated alkanes) is 9. The number of nitrogens with two attached hydrogens (primary N) is 9. The Kier molecular flexibility index (Phi) is 82.6. The van der Waals surface area contributed by atoms with Crippen LogP contribution >= 0.6 is 0 Å². The lowest BCUT2D eigenvalue weighted by atomic mass is 10.3. The highest BCUT2D eigenvalue weighted by Gasteiger charge is 2.52. The minimum atomic E-state index is -2.85. The van der Waals surface area contributed by atoms with Gasteiger partial charge in [0.1, 0.15) is 0 Å². The second-order valence-corrected chi connectivity index (χ2v) is 113. The molecule has 0 aliphatic carbocycles. The average Bonchev–Trinajstić information content (AvgIpc) is 0.789. The van der Waals surface area contributed by atoms with Gasteiger partial charge in [-0.05, 0) is 417 Å². The van der Waals surface area contributed by atoms with E-state index in [-0.39, 0.29) is 0 Å². The molecule has 0 saturated heterocycles. The third kappa shape index (κ3) is 90.2. The van der Waals surface area contributed by atoms with Gasteiger partial charge in [-0.15, -0.1) is 0 Å². The maximum atomic E-state index is 7.05. The Bertz CT molecular complexity index is 2260. The smallest absolute Gasteiger partial charge is 0.455 e. The predicted octanol–water partition coefficient (Wildman–Crippen LogP) is 24.1. The van der Waals surface area contributed by atoms with E-state index in [1.54, 1.807) is 0 Å². The van der Waals surface area contributed by atoms with Crippen LogP contribution in [-0.4, -0.2) is 219 Å². The van der Waals surface area contributed by atoms with Crippen molar-refractivity contribution in [2.75, 3.05) is 85.1 Å². The zero-order chi connectivity index (χ0) is 98.0. The van der Waals surface area contributed by atoms with Gasteiger partial charge < -0.3 is 103 Å². The van der Waals surface area contributed by atoms with Crippen LogP contribution in [0.4, 0.5) is 0 Å². The van der Waals surface area contributed by atoms with Gasteiger partial charge >= 0.3 is 25.9 Å². The molecule has 0 aromatic rings. The largest absolute Gasteiger partial charge is 0.469 e. The summed E-state index contributed by atoms with van der Waals surface area (Å²) in [6.45, 7) is 92.0. The van der Waals surface area contributed by atoms with Gasteiger partial charge in [0, 0.05) is 19.1 Å². The van der Waals surface area contributed by atoms with Gasteiger partial charge in [-0.1, -0.05) is 131 Å². The standard InChI is InChI=1S/C19H51N3O3Si4.C15H39N3OSi2.C15H40N2O2Si3.C13H35NO2Si3.2C13H33NOSi2/c1-8-9-16-26(2,3)23-29(19-12-15-22,24-27(4,5)17-10-13-20)25-28(6,7)18-11-14-21;1-6-10-17-11-7-14-20(2,3)19-21(4,5)15-8-12-18-13-9-16;1-7-8-13-20(2,3)18-22(6,15-10-12-17)19-21(4,5)14-9-11-16;1-8-9-12-17(2,3)15-19(6,7)16-18(4,5)13-10-11-14;2*1-6-7-9-12-16(2,3)15-17(4,5)13-10-8-11-14/h8-22H2,1-7H3;17-18H,6-16H2,1-5H3;7-17H2,1-6H3;8-14H2,1-7H3;2*6-14H2,1-5H3. The molecule has 0 radical (unpaired) electrons. The lowest BCUT2D eigenvalue weighted by Gasteiger charge is -2.45. The summed E-state index contributed by atoms with van der Waals surface area (Å²) in [6.07, 6.45) is 29.9. The molecule has 0 aliphatic heterocycles. The van der Waals surface area contributed by atoms with Crippen molar-refractivity contribution in [1.29, 1.82) is 0 Å². The second kappa shape index (κ2) is 74.6. The zero-order valence-electron chi connectivity index (χ0n) is 90.8. The first-order valence-corrected chi connectivity index (χ1v) is 99.0. The molecule has 0 saturated carbocycles. The summed E-state index contributed by atoms with van der Waals surface area (Å²) in [5.74, 6) is 0. The van der Waals surface area contributed by atoms with Gasteiger partial charge in [-0.25, -0.2) is 0 Å². The Morgan fingerprint density at radius 1 is 0.160 bits per heavy atom. The summed E-state index contributed by atoms with van der Waals surface area (Å²) >= 11 is 0. The lowest BCUT2D eigenvalue weighted by Crippen LogP contribution is -2.62. The number of rotatable bonds is 75.